The molecule has 18 heavy (non-hydrogen) atoms. The van der Waals surface area contributed by atoms with Crippen molar-refractivity contribution in [3.8, 4) is 0 Å². The second kappa shape index (κ2) is 7.00. The van der Waals surface area contributed by atoms with Crippen molar-refractivity contribution in [3.63, 3.8) is 0 Å². The molecule has 0 aromatic heterocycles. The lowest BCUT2D eigenvalue weighted by molar-refractivity contribution is -0.164. The Morgan fingerprint density at radius 2 is 2.06 bits per heavy atom. The van der Waals surface area contributed by atoms with E-state index in [4.69, 9.17) is 19.3 Å². The fraction of sp³-hybridized carbons (Fsp3) is 0.667. The van der Waals surface area contributed by atoms with Crippen LogP contribution in [0.3, 0.4) is 0 Å². The molecule has 0 unspecified atom stereocenters. The van der Waals surface area contributed by atoms with Gasteiger partial charge in [-0.15, -0.1) is 0 Å². The molecule has 1 heterocycles. The maximum atomic E-state index is 11.1. The molecule has 0 spiro atoms. The quantitative estimate of drug-likeness (QED) is 0.718. The highest BCUT2D eigenvalue weighted by Gasteiger charge is 2.35. The first kappa shape index (κ1) is 14.5. The average Bonchev–Trinajstić information content (AvgIpc) is 2.29. The van der Waals surface area contributed by atoms with Gasteiger partial charge in [0.1, 0.15) is 12.7 Å². The second-order valence-corrected chi connectivity index (χ2v) is 4.06. The molecule has 1 aliphatic heterocycles. The molecule has 0 radical (unpaired) electrons. The Labute approximate surface area is 106 Å². The van der Waals surface area contributed by atoms with Crippen molar-refractivity contribution in [2.45, 2.75) is 32.5 Å². The molecule has 0 saturated heterocycles. The Morgan fingerprint density at radius 3 is 2.61 bits per heavy atom. The van der Waals surface area contributed by atoms with Gasteiger partial charge >= 0.3 is 11.9 Å². The van der Waals surface area contributed by atoms with E-state index < -0.39 is 24.1 Å². The van der Waals surface area contributed by atoms with E-state index >= 15 is 0 Å². The van der Waals surface area contributed by atoms with Gasteiger partial charge in [-0.3, -0.25) is 9.59 Å². The molecular formula is C12H18O6. The van der Waals surface area contributed by atoms with Crippen LogP contribution in [0.25, 0.3) is 0 Å². The molecule has 0 amide bonds. The van der Waals surface area contributed by atoms with Gasteiger partial charge in [-0.2, -0.15) is 0 Å². The molecule has 6 heteroatoms. The highest BCUT2D eigenvalue weighted by Crippen LogP contribution is 2.24. The molecule has 0 saturated carbocycles. The lowest BCUT2D eigenvalue weighted by Crippen LogP contribution is -2.43. The Balaban J connectivity index is 2.70. The summed E-state index contributed by atoms with van der Waals surface area (Å²) in [5, 5.41) is 8.97. The molecule has 0 bridgehead atoms. The molecular weight excluding hydrogens is 240 g/mol. The van der Waals surface area contributed by atoms with Gasteiger partial charge in [0.25, 0.3) is 0 Å². The standard InChI is InChI=1S/C12H18O6/c1-8(14)17-7-11-12(18-9(2)15)10(3-5-13)4-6-16-11/h4,6,10-13H,3,5,7H2,1-2H3/t10-,11+,12-/m0/s1. The van der Waals surface area contributed by atoms with Crippen LogP contribution in [-0.4, -0.2) is 42.5 Å². The Hall–Kier alpha value is -1.56. The average molecular weight is 258 g/mol. The van der Waals surface area contributed by atoms with Crippen LogP contribution in [0.4, 0.5) is 0 Å². The van der Waals surface area contributed by atoms with Gasteiger partial charge in [-0.1, -0.05) is 0 Å². The minimum atomic E-state index is -0.556. The smallest absolute Gasteiger partial charge is 0.303 e. The maximum Gasteiger partial charge on any atom is 0.303 e. The van der Waals surface area contributed by atoms with E-state index in [2.05, 4.69) is 0 Å². The summed E-state index contributed by atoms with van der Waals surface area (Å²) in [5.41, 5.74) is 0. The van der Waals surface area contributed by atoms with Crippen LogP contribution in [-0.2, 0) is 23.8 Å². The molecule has 1 N–H and O–H groups in total. The summed E-state index contributed by atoms with van der Waals surface area (Å²) in [6.07, 6.45) is 2.56. The Kier molecular flexibility index (Phi) is 5.64. The molecule has 1 aliphatic rings. The normalized spacial score (nSPS) is 26.3. The molecule has 3 atom stereocenters. The van der Waals surface area contributed by atoms with Crippen molar-refractivity contribution in [1.82, 2.24) is 0 Å². The molecule has 6 nitrogen and oxygen atoms in total. The lowest BCUT2D eigenvalue weighted by atomic mass is 9.93. The summed E-state index contributed by atoms with van der Waals surface area (Å²) in [7, 11) is 0. The first-order valence-electron chi connectivity index (χ1n) is 5.78. The zero-order valence-electron chi connectivity index (χ0n) is 10.5. The van der Waals surface area contributed by atoms with Gasteiger partial charge in [0.15, 0.2) is 6.10 Å². The molecule has 0 aliphatic carbocycles. The van der Waals surface area contributed by atoms with Crippen molar-refractivity contribution in [3.05, 3.63) is 12.3 Å². The molecule has 0 aromatic carbocycles. The van der Waals surface area contributed by atoms with Crippen LogP contribution < -0.4 is 0 Å². The van der Waals surface area contributed by atoms with E-state index in [1.165, 1.54) is 20.1 Å². The van der Waals surface area contributed by atoms with E-state index in [9.17, 15) is 9.59 Å². The molecule has 0 fully saturated rings. The number of ether oxygens (including phenoxy) is 3. The van der Waals surface area contributed by atoms with E-state index in [0.29, 0.717) is 6.42 Å². The fourth-order valence-corrected chi connectivity index (χ4v) is 1.81. The monoisotopic (exact) mass is 258 g/mol. The van der Waals surface area contributed by atoms with Crippen LogP contribution in [0.2, 0.25) is 0 Å². The summed E-state index contributed by atoms with van der Waals surface area (Å²) in [5.74, 6) is -1.00. The third kappa shape index (κ3) is 4.37. The van der Waals surface area contributed by atoms with Crippen molar-refractivity contribution in [2.75, 3.05) is 13.2 Å². The Bertz CT molecular complexity index is 325. The first-order chi connectivity index (χ1) is 8.54. The van der Waals surface area contributed by atoms with Gasteiger partial charge in [-0.25, -0.2) is 0 Å². The van der Waals surface area contributed by atoms with E-state index in [1.807, 2.05) is 0 Å². The fourth-order valence-electron chi connectivity index (χ4n) is 1.81. The summed E-state index contributed by atoms with van der Waals surface area (Å²) in [4.78, 5) is 21.9. The number of carbonyl (C=O) groups is 2. The van der Waals surface area contributed by atoms with E-state index in [-0.39, 0.29) is 19.1 Å². The zero-order valence-corrected chi connectivity index (χ0v) is 10.5. The topological polar surface area (TPSA) is 82.1 Å². The predicted molar refractivity (Wildman–Crippen MR) is 61.4 cm³/mol. The van der Waals surface area contributed by atoms with E-state index in [0.717, 1.165) is 0 Å². The molecule has 0 aromatic rings. The van der Waals surface area contributed by atoms with Crippen LogP contribution in [0.5, 0.6) is 0 Å². The van der Waals surface area contributed by atoms with E-state index in [1.54, 1.807) is 6.08 Å². The van der Waals surface area contributed by atoms with Crippen LogP contribution >= 0.6 is 0 Å². The number of aliphatic hydroxyl groups excluding tert-OH is 1. The highest BCUT2D eigenvalue weighted by molar-refractivity contribution is 5.66. The number of carbonyl (C=O) groups excluding carboxylic acids is 2. The minimum absolute atomic E-state index is 0.0134. The van der Waals surface area contributed by atoms with Gasteiger partial charge in [-0.05, 0) is 12.5 Å². The van der Waals surface area contributed by atoms with Gasteiger partial charge in [0.05, 0.1) is 6.26 Å². The van der Waals surface area contributed by atoms with Crippen LogP contribution in [0.1, 0.15) is 20.3 Å². The number of aliphatic hydroxyl groups is 1. The minimum Gasteiger partial charge on any atom is -0.491 e. The third-order valence-corrected chi connectivity index (χ3v) is 2.58. The van der Waals surface area contributed by atoms with Gasteiger partial charge in [0.2, 0.25) is 0 Å². The van der Waals surface area contributed by atoms with Crippen molar-refractivity contribution >= 4 is 11.9 Å². The number of esters is 2. The van der Waals surface area contributed by atoms with Crippen LogP contribution in [0, 0.1) is 5.92 Å². The number of hydrogen-bond donors (Lipinski definition) is 1. The summed E-state index contributed by atoms with van der Waals surface area (Å²) in [6.45, 7) is 2.59. The third-order valence-electron chi connectivity index (χ3n) is 2.58. The SMILES string of the molecule is CC(=O)OC[C@H]1OC=C[C@H](CCO)[C@@H]1OC(C)=O. The lowest BCUT2D eigenvalue weighted by Gasteiger charge is -2.33. The highest BCUT2D eigenvalue weighted by atomic mass is 16.6. The molecule has 1 rings (SSSR count). The van der Waals surface area contributed by atoms with Crippen LogP contribution in [0.15, 0.2) is 12.3 Å². The predicted octanol–water partition coefficient (Wildman–Crippen LogP) is 0.392. The summed E-state index contributed by atoms with van der Waals surface area (Å²) < 4.78 is 15.4. The zero-order chi connectivity index (χ0) is 13.5. The molecule has 102 valence electrons. The Morgan fingerprint density at radius 1 is 1.33 bits per heavy atom. The summed E-state index contributed by atoms with van der Waals surface area (Å²) in [6, 6.07) is 0. The number of hydrogen-bond acceptors (Lipinski definition) is 6. The van der Waals surface area contributed by atoms with Gasteiger partial charge < -0.3 is 19.3 Å². The first-order valence-corrected chi connectivity index (χ1v) is 5.78. The second-order valence-electron chi connectivity index (χ2n) is 4.06. The van der Waals surface area contributed by atoms with Crippen molar-refractivity contribution < 1.29 is 28.9 Å². The van der Waals surface area contributed by atoms with Crippen molar-refractivity contribution in [2.24, 2.45) is 5.92 Å². The maximum absolute atomic E-state index is 11.1. The summed E-state index contributed by atoms with van der Waals surface area (Å²) >= 11 is 0. The van der Waals surface area contributed by atoms with Crippen molar-refractivity contribution in [1.29, 1.82) is 0 Å². The largest absolute Gasteiger partial charge is 0.491 e. The number of rotatable bonds is 5. The van der Waals surface area contributed by atoms with Gasteiger partial charge in [0, 0.05) is 26.4 Å².